The third-order valence-corrected chi connectivity index (χ3v) is 5.98. The molecule has 0 aromatic heterocycles. The van der Waals surface area contributed by atoms with Crippen molar-refractivity contribution in [2.24, 2.45) is 0 Å². The molecule has 2 heterocycles. The lowest BCUT2D eigenvalue weighted by molar-refractivity contribution is -0.139. The zero-order valence-electron chi connectivity index (χ0n) is 17.8. The molecule has 2 fully saturated rings. The number of piperidine rings is 1. The topological polar surface area (TPSA) is 81.8 Å². The van der Waals surface area contributed by atoms with Crippen LogP contribution in [0.2, 0.25) is 0 Å². The van der Waals surface area contributed by atoms with Crippen molar-refractivity contribution in [1.29, 1.82) is 0 Å². The van der Waals surface area contributed by atoms with E-state index in [9.17, 15) is 18.8 Å². The number of hydrogen-bond acceptors (Lipinski definition) is 4. The third kappa shape index (κ3) is 4.96. The summed E-state index contributed by atoms with van der Waals surface area (Å²) in [4.78, 5) is 41.6. The predicted molar refractivity (Wildman–Crippen MR) is 117 cm³/mol. The van der Waals surface area contributed by atoms with Crippen LogP contribution in [-0.4, -0.2) is 59.4 Å². The Morgan fingerprint density at radius 3 is 2.56 bits per heavy atom. The van der Waals surface area contributed by atoms with Crippen molar-refractivity contribution in [3.63, 3.8) is 0 Å². The van der Waals surface area contributed by atoms with Gasteiger partial charge in [-0.15, -0.1) is 0 Å². The van der Waals surface area contributed by atoms with Gasteiger partial charge in [0.15, 0.2) is 0 Å². The van der Waals surface area contributed by atoms with Gasteiger partial charge in [0, 0.05) is 6.54 Å². The highest BCUT2D eigenvalue weighted by molar-refractivity contribution is 6.01. The number of urea groups is 1. The van der Waals surface area contributed by atoms with Crippen LogP contribution in [0.3, 0.4) is 0 Å². The van der Waals surface area contributed by atoms with Crippen molar-refractivity contribution in [2.45, 2.75) is 37.9 Å². The van der Waals surface area contributed by atoms with Gasteiger partial charge in [0.25, 0.3) is 0 Å². The second-order valence-electron chi connectivity index (χ2n) is 8.19. The van der Waals surface area contributed by atoms with Gasteiger partial charge in [-0.1, -0.05) is 42.5 Å². The van der Waals surface area contributed by atoms with Gasteiger partial charge in [-0.2, -0.15) is 0 Å². The lowest BCUT2D eigenvalue weighted by atomic mass is 9.93. The largest absolute Gasteiger partial charge is 0.354 e. The summed E-state index contributed by atoms with van der Waals surface area (Å²) in [7, 11) is 0. The highest BCUT2D eigenvalue weighted by Crippen LogP contribution is 2.25. The molecule has 0 saturated carbocycles. The first-order valence-electron chi connectivity index (χ1n) is 10.9. The number of hydrogen-bond donors (Lipinski definition) is 2. The maximum absolute atomic E-state index is 13.2. The Morgan fingerprint density at radius 2 is 1.81 bits per heavy atom. The zero-order valence-corrected chi connectivity index (χ0v) is 17.8. The molecule has 4 rings (SSSR count). The molecule has 4 amide bonds. The maximum Gasteiger partial charge on any atom is 0.327 e. The summed E-state index contributed by atoms with van der Waals surface area (Å²) in [6, 6.07) is 14.2. The number of imide groups is 1. The molecule has 7 nitrogen and oxygen atoms in total. The van der Waals surface area contributed by atoms with E-state index in [1.165, 1.54) is 17.0 Å². The first kappa shape index (κ1) is 22.0. The summed E-state index contributed by atoms with van der Waals surface area (Å²) in [6.07, 6.45) is 2.19. The number of nitrogens with zero attached hydrogens (tertiary/aromatic N) is 2. The van der Waals surface area contributed by atoms with Gasteiger partial charge in [0.05, 0.1) is 12.6 Å². The Bertz CT molecular complexity index is 967. The molecule has 2 aliphatic rings. The molecule has 2 aromatic carbocycles. The molecule has 168 valence electrons. The molecule has 0 radical (unpaired) electrons. The van der Waals surface area contributed by atoms with E-state index in [0.717, 1.165) is 16.9 Å². The Kier molecular flexibility index (Phi) is 6.80. The normalized spacial score (nSPS) is 20.8. The summed E-state index contributed by atoms with van der Waals surface area (Å²) in [5, 5.41) is 6.09. The highest BCUT2D eigenvalue weighted by Gasteiger charge is 2.47. The van der Waals surface area contributed by atoms with Crippen molar-refractivity contribution in [2.75, 3.05) is 19.6 Å². The van der Waals surface area contributed by atoms with Crippen molar-refractivity contribution >= 4 is 17.8 Å². The Balaban J connectivity index is 1.43. The maximum atomic E-state index is 13.2. The van der Waals surface area contributed by atoms with Crippen LogP contribution < -0.4 is 10.6 Å². The lowest BCUT2D eigenvalue weighted by Crippen LogP contribution is -2.70. The van der Waals surface area contributed by atoms with Gasteiger partial charge in [-0.3, -0.25) is 14.5 Å². The summed E-state index contributed by atoms with van der Waals surface area (Å²) in [5.74, 6) is -0.938. The van der Waals surface area contributed by atoms with Gasteiger partial charge >= 0.3 is 6.03 Å². The van der Waals surface area contributed by atoms with Crippen LogP contribution in [0.5, 0.6) is 0 Å². The van der Waals surface area contributed by atoms with Gasteiger partial charge in [0.1, 0.15) is 18.4 Å². The van der Waals surface area contributed by atoms with Gasteiger partial charge in [0.2, 0.25) is 11.8 Å². The monoisotopic (exact) mass is 438 g/mol. The fraction of sp³-hybridized carbons (Fsp3) is 0.375. The van der Waals surface area contributed by atoms with E-state index in [1.807, 2.05) is 30.3 Å². The molecule has 2 atom stereocenters. The first-order chi connectivity index (χ1) is 15.5. The van der Waals surface area contributed by atoms with Gasteiger partial charge in [-0.05, 0) is 49.1 Å². The van der Waals surface area contributed by atoms with Gasteiger partial charge in [-0.25, -0.2) is 9.18 Å². The van der Waals surface area contributed by atoms with Crippen LogP contribution in [0.1, 0.15) is 24.0 Å². The van der Waals surface area contributed by atoms with Gasteiger partial charge < -0.3 is 15.5 Å². The molecule has 2 unspecified atom stereocenters. The molecule has 2 aromatic rings. The van der Waals surface area contributed by atoms with E-state index in [4.69, 9.17) is 0 Å². The highest BCUT2D eigenvalue weighted by atomic mass is 19.1. The van der Waals surface area contributed by atoms with E-state index < -0.39 is 12.1 Å². The molecule has 0 spiro atoms. The molecular formula is C24H27FN4O3. The second kappa shape index (κ2) is 9.91. The summed E-state index contributed by atoms with van der Waals surface area (Å²) >= 11 is 0. The number of nitrogens with one attached hydrogen (secondary N) is 2. The minimum atomic E-state index is -0.543. The van der Waals surface area contributed by atoms with Crippen LogP contribution in [0.25, 0.3) is 0 Å². The Morgan fingerprint density at radius 1 is 1.06 bits per heavy atom. The van der Waals surface area contributed by atoms with E-state index in [0.29, 0.717) is 31.5 Å². The van der Waals surface area contributed by atoms with Crippen molar-refractivity contribution < 1.29 is 18.8 Å². The van der Waals surface area contributed by atoms with Crippen LogP contribution in [0.15, 0.2) is 54.6 Å². The van der Waals surface area contributed by atoms with Crippen LogP contribution in [-0.2, 0) is 22.6 Å². The Labute approximate surface area is 186 Å². The van der Waals surface area contributed by atoms with Crippen LogP contribution in [0.4, 0.5) is 9.18 Å². The van der Waals surface area contributed by atoms with E-state index in [2.05, 4.69) is 10.6 Å². The number of carbonyl (C=O) groups is 3. The molecule has 32 heavy (non-hydrogen) atoms. The minimum Gasteiger partial charge on any atom is -0.354 e. The summed E-state index contributed by atoms with van der Waals surface area (Å²) < 4.78 is 13.2. The number of amides is 4. The molecule has 0 bridgehead atoms. The van der Waals surface area contributed by atoms with Crippen molar-refractivity contribution in [3.05, 3.63) is 71.5 Å². The molecule has 2 aliphatic heterocycles. The first-order valence-corrected chi connectivity index (χ1v) is 10.9. The molecule has 8 heteroatoms. The average Bonchev–Trinajstić information content (AvgIpc) is 2.81. The zero-order chi connectivity index (χ0) is 22.5. The molecule has 2 N–H and O–H groups in total. The van der Waals surface area contributed by atoms with Crippen LogP contribution in [0, 0.1) is 5.82 Å². The second-order valence-corrected chi connectivity index (χ2v) is 8.19. The quantitative estimate of drug-likeness (QED) is 0.694. The van der Waals surface area contributed by atoms with E-state index >= 15 is 0 Å². The van der Waals surface area contributed by atoms with Crippen molar-refractivity contribution in [1.82, 2.24) is 20.4 Å². The number of fused-ring (bicyclic) bond motifs is 1. The fourth-order valence-electron chi connectivity index (χ4n) is 4.32. The number of halogens is 1. The standard InChI is InChI=1S/C24H27FN4O3/c25-19-10-8-18(9-11-19)15-29-23(31)22-20(7-4-13-27-22)28(24(29)32)16-21(30)26-14-12-17-5-2-1-3-6-17/h1-3,5-6,8-11,20,22,27H,4,7,12-16H2,(H,26,30). The molecular weight excluding hydrogens is 411 g/mol. The number of benzene rings is 2. The fourth-order valence-corrected chi connectivity index (χ4v) is 4.32. The summed E-state index contributed by atoms with van der Waals surface area (Å²) in [5.41, 5.74) is 1.77. The number of rotatable bonds is 7. The lowest BCUT2D eigenvalue weighted by Gasteiger charge is -2.46. The predicted octanol–water partition coefficient (Wildman–Crippen LogP) is 2.07. The van der Waals surface area contributed by atoms with E-state index in [1.54, 1.807) is 12.1 Å². The average molecular weight is 439 g/mol. The number of carbonyl (C=O) groups excluding carboxylic acids is 3. The summed E-state index contributed by atoms with van der Waals surface area (Å²) in [6.45, 7) is 1.08. The van der Waals surface area contributed by atoms with Crippen molar-refractivity contribution in [3.8, 4) is 0 Å². The minimum absolute atomic E-state index is 0.0367. The molecule has 2 saturated heterocycles. The smallest absolute Gasteiger partial charge is 0.327 e. The SMILES string of the molecule is O=C(CN1C(=O)N(Cc2ccc(F)cc2)C(=O)C2NCCCC21)NCCc1ccccc1. The van der Waals surface area contributed by atoms with Crippen LogP contribution >= 0.6 is 0 Å². The third-order valence-electron chi connectivity index (χ3n) is 5.98. The Hall–Kier alpha value is -3.26. The molecule has 0 aliphatic carbocycles. The van der Waals surface area contributed by atoms with E-state index in [-0.39, 0.29) is 36.8 Å².